The van der Waals surface area contributed by atoms with Gasteiger partial charge in [-0.15, -0.1) is 0 Å². The summed E-state index contributed by atoms with van der Waals surface area (Å²) < 4.78 is 14.0. The molecule has 0 saturated carbocycles. The van der Waals surface area contributed by atoms with E-state index in [0.29, 0.717) is 0 Å². The molecule has 8 nitrogen and oxygen atoms in total. The van der Waals surface area contributed by atoms with Crippen LogP contribution >= 0.6 is 7.82 Å². The van der Waals surface area contributed by atoms with Gasteiger partial charge in [-0.2, -0.15) is 0 Å². The highest BCUT2D eigenvalue weighted by Crippen LogP contribution is 2.35. The largest absolute Gasteiger partial charge is 0.469 e. The van der Waals surface area contributed by atoms with Crippen molar-refractivity contribution in [3.8, 4) is 0 Å². The Balaban J connectivity index is 4.02. The van der Waals surface area contributed by atoms with Crippen LogP contribution in [-0.2, 0) is 13.9 Å². The van der Waals surface area contributed by atoms with Crippen molar-refractivity contribution in [3.05, 3.63) is 0 Å². The number of phosphoric acid groups is 1. The summed E-state index contributed by atoms with van der Waals surface area (Å²) in [5, 5.41) is 26.6. The summed E-state index contributed by atoms with van der Waals surface area (Å²) in [6, 6.07) is 0. The first-order valence-electron chi connectivity index (χ1n) is 3.47. The summed E-state index contributed by atoms with van der Waals surface area (Å²) in [6.07, 6.45) is -5.46. The van der Waals surface area contributed by atoms with Crippen LogP contribution in [0, 0.1) is 0 Å². The van der Waals surface area contributed by atoms with Gasteiger partial charge in [-0.1, -0.05) is 0 Å². The smallest absolute Gasteiger partial charge is 0.388 e. The van der Waals surface area contributed by atoms with Crippen LogP contribution in [0.25, 0.3) is 0 Å². The topological polar surface area (TPSA) is 145 Å². The lowest BCUT2D eigenvalue weighted by atomic mass is 10.1. The Labute approximate surface area is 79.0 Å². The van der Waals surface area contributed by atoms with E-state index in [1.807, 2.05) is 0 Å². The third kappa shape index (κ3) is 5.40. The van der Waals surface area contributed by atoms with E-state index < -0.39 is 32.7 Å². The van der Waals surface area contributed by atoms with Crippen LogP contribution < -0.4 is 0 Å². The van der Waals surface area contributed by atoms with Crippen molar-refractivity contribution in [2.45, 2.75) is 18.3 Å². The Hall–Kier alpha value is -0.340. The number of aliphatic hydroxyl groups is 3. The number of aldehydes is 1. The summed E-state index contributed by atoms with van der Waals surface area (Å²) in [7, 11) is -4.74. The molecule has 3 atom stereocenters. The molecule has 0 unspecified atom stereocenters. The third-order valence-electron chi connectivity index (χ3n) is 1.30. The fraction of sp³-hybridized carbons (Fsp3) is 0.800. The summed E-state index contributed by atoms with van der Waals surface area (Å²) in [5.74, 6) is 0. The minimum absolute atomic E-state index is 0.0225. The molecule has 0 aromatic carbocycles. The fourth-order valence-corrected chi connectivity index (χ4v) is 0.927. The summed E-state index contributed by atoms with van der Waals surface area (Å²) in [6.45, 7) is -0.893. The van der Waals surface area contributed by atoms with Crippen molar-refractivity contribution in [2.75, 3.05) is 6.61 Å². The van der Waals surface area contributed by atoms with Crippen molar-refractivity contribution in [1.82, 2.24) is 0 Å². The zero-order valence-electron chi connectivity index (χ0n) is 6.92. The minimum atomic E-state index is -4.74. The van der Waals surface area contributed by atoms with E-state index in [4.69, 9.17) is 25.1 Å². The van der Waals surface area contributed by atoms with Crippen molar-refractivity contribution in [3.63, 3.8) is 0 Å². The van der Waals surface area contributed by atoms with Gasteiger partial charge >= 0.3 is 7.82 Å². The van der Waals surface area contributed by atoms with Gasteiger partial charge in [0, 0.05) is 0 Å². The van der Waals surface area contributed by atoms with Crippen LogP contribution in [0.15, 0.2) is 0 Å². The Morgan fingerprint density at radius 2 is 1.79 bits per heavy atom. The first-order chi connectivity index (χ1) is 6.28. The van der Waals surface area contributed by atoms with Gasteiger partial charge in [-0.3, -0.25) is 4.52 Å². The molecule has 0 bridgehead atoms. The Kier molecular flexibility index (Phi) is 5.38. The molecule has 0 aliphatic rings. The number of rotatable bonds is 6. The van der Waals surface area contributed by atoms with Crippen LogP contribution in [0.5, 0.6) is 0 Å². The maximum absolute atomic E-state index is 10.1. The molecule has 0 saturated heterocycles. The lowest BCUT2D eigenvalue weighted by Crippen LogP contribution is -2.40. The van der Waals surface area contributed by atoms with Crippen molar-refractivity contribution in [2.24, 2.45) is 0 Å². The van der Waals surface area contributed by atoms with Crippen LogP contribution in [0.3, 0.4) is 0 Å². The van der Waals surface area contributed by atoms with Gasteiger partial charge in [0.2, 0.25) is 0 Å². The fourth-order valence-electron chi connectivity index (χ4n) is 0.580. The first kappa shape index (κ1) is 13.7. The van der Waals surface area contributed by atoms with E-state index in [2.05, 4.69) is 4.52 Å². The van der Waals surface area contributed by atoms with Crippen molar-refractivity contribution in [1.29, 1.82) is 0 Å². The highest BCUT2D eigenvalue weighted by Gasteiger charge is 2.27. The van der Waals surface area contributed by atoms with Gasteiger partial charge in [0.1, 0.15) is 18.3 Å². The number of hydrogen-bond donors (Lipinski definition) is 5. The lowest BCUT2D eigenvalue weighted by molar-refractivity contribution is -0.127. The second kappa shape index (κ2) is 5.52. The molecule has 0 aliphatic carbocycles. The molecular formula is C5H11O8P. The minimum Gasteiger partial charge on any atom is -0.388 e. The average Bonchev–Trinajstić information content (AvgIpc) is 2.10. The van der Waals surface area contributed by atoms with E-state index in [1.165, 1.54) is 0 Å². The SMILES string of the molecule is O=C[C@H](O)[C@@H](O)[C@H](O)COP(=O)(O)O. The van der Waals surface area contributed by atoms with Crippen LogP contribution in [-0.4, -0.2) is 56.3 Å². The van der Waals surface area contributed by atoms with Gasteiger partial charge in [0.25, 0.3) is 0 Å². The molecule has 0 aromatic rings. The zero-order chi connectivity index (χ0) is 11.4. The Bertz CT molecular complexity index is 224. The molecule has 0 fully saturated rings. The molecule has 0 heterocycles. The summed E-state index contributed by atoms with van der Waals surface area (Å²) in [4.78, 5) is 26.4. The normalized spacial score (nSPS) is 18.6. The molecule has 14 heavy (non-hydrogen) atoms. The molecule has 84 valence electrons. The first-order valence-corrected chi connectivity index (χ1v) is 5.00. The third-order valence-corrected chi connectivity index (χ3v) is 1.78. The number of aliphatic hydroxyl groups excluding tert-OH is 3. The van der Waals surface area contributed by atoms with Gasteiger partial charge < -0.3 is 29.9 Å². The van der Waals surface area contributed by atoms with E-state index >= 15 is 0 Å². The number of hydrogen-bond acceptors (Lipinski definition) is 6. The molecule has 0 rings (SSSR count). The molecule has 0 radical (unpaired) electrons. The molecular weight excluding hydrogens is 219 g/mol. The van der Waals surface area contributed by atoms with E-state index in [9.17, 15) is 9.36 Å². The highest BCUT2D eigenvalue weighted by atomic mass is 31.2. The van der Waals surface area contributed by atoms with Crippen molar-refractivity contribution < 1.29 is 39.0 Å². The van der Waals surface area contributed by atoms with Gasteiger partial charge in [0.15, 0.2) is 6.29 Å². The Morgan fingerprint density at radius 1 is 1.29 bits per heavy atom. The van der Waals surface area contributed by atoms with Crippen LogP contribution in [0.1, 0.15) is 0 Å². The quantitative estimate of drug-likeness (QED) is 0.246. The summed E-state index contributed by atoms with van der Waals surface area (Å²) >= 11 is 0. The predicted molar refractivity (Wildman–Crippen MR) is 42.1 cm³/mol. The molecule has 0 aromatic heterocycles. The Morgan fingerprint density at radius 3 is 2.14 bits per heavy atom. The second-order valence-corrected chi connectivity index (χ2v) is 3.71. The standard InChI is InChI=1S/C5H11O8P/c6-1-3(7)5(9)4(8)2-13-14(10,11)12/h1,3-5,7-9H,2H2,(H2,10,11,12)/t3-,4+,5+/m0/s1. The number of carbonyl (C=O) groups is 1. The molecule has 0 spiro atoms. The maximum Gasteiger partial charge on any atom is 0.469 e. The van der Waals surface area contributed by atoms with Gasteiger partial charge in [-0.05, 0) is 0 Å². The number of carbonyl (C=O) groups excluding carboxylic acids is 1. The van der Waals surface area contributed by atoms with Gasteiger partial charge in [-0.25, -0.2) is 4.57 Å². The second-order valence-electron chi connectivity index (χ2n) is 2.47. The van der Waals surface area contributed by atoms with Crippen LogP contribution in [0.4, 0.5) is 0 Å². The monoisotopic (exact) mass is 230 g/mol. The zero-order valence-corrected chi connectivity index (χ0v) is 7.82. The number of phosphoric ester groups is 1. The van der Waals surface area contributed by atoms with Crippen molar-refractivity contribution >= 4 is 14.1 Å². The summed E-state index contributed by atoms with van der Waals surface area (Å²) in [5.41, 5.74) is 0. The van der Waals surface area contributed by atoms with E-state index in [0.717, 1.165) is 0 Å². The van der Waals surface area contributed by atoms with E-state index in [-0.39, 0.29) is 6.29 Å². The average molecular weight is 230 g/mol. The molecule has 0 amide bonds. The van der Waals surface area contributed by atoms with Crippen LogP contribution in [0.2, 0.25) is 0 Å². The van der Waals surface area contributed by atoms with E-state index in [1.54, 1.807) is 0 Å². The maximum atomic E-state index is 10.1. The molecule has 0 aliphatic heterocycles. The lowest BCUT2D eigenvalue weighted by Gasteiger charge is -2.19. The molecule has 9 heteroatoms. The molecule has 5 N–H and O–H groups in total. The predicted octanol–water partition coefficient (Wildman–Crippen LogP) is -2.62. The highest BCUT2D eigenvalue weighted by molar-refractivity contribution is 7.46. The van der Waals surface area contributed by atoms with Gasteiger partial charge in [0.05, 0.1) is 6.61 Å².